The van der Waals surface area contributed by atoms with Crippen LogP contribution in [0, 0.1) is 34.0 Å². The van der Waals surface area contributed by atoms with Crippen LogP contribution in [0.5, 0.6) is 0 Å². The fourth-order valence-corrected chi connectivity index (χ4v) is 11.1. The van der Waals surface area contributed by atoms with Crippen molar-refractivity contribution in [1.82, 2.24) is 4.90 Å². The van der Waals surface area contributed by atoms with E-state index in [1.54, 1.807) is 23.5 Å². The van der Waals surface area contributed by atoms with Gasteiger partial charge in [0.2, 0.25) is 0 Å². The highest BCUT2D eigenvalue weighted by molar-refractivity contribution is 7.19. The molecule has 1 aromatic heterocycles. The van der Waals surface area contributed by atoms with Crippen LogP contribution in [0.25, 0.3) is 10.1 Å². The molecule has 0 spiro atoms. The quantitative estimate of drug-likeness (QED) is 0.570. The molecule has 4 aliphatic carbocycles. The first-order valence-corrected chi connectivity index (χ1v) is 15.0. The van der Waals surface area contributed by atoms with E-state index in [0.717, 1.165) is 18.7 Å². The lowest BCUT2D eigenvalue weighted by Crippen LogP contribution is -2.68. The average molecular weight is 550 g/mol. The molecule has 0 bridgehead atoms. The first kappa shape index (κ1) is 25.8. The number of hydrogen-bond acceptors (Lipinski definition) is 6. The summed E-state index contributed by atoms with van der Waals surface area (Å²) in [7, 11) is 0. The van der Waals surface area contributed by atoms with Crippen LogP contribution in [0.2, 0.25) is 0 Å². The van der Waals surface area contributed by atoms with Crippen molar-refractivity contribution in [2.45, 2.75) is 57.8 Å². The van der Waals surface area contributed by atoms with E-state index in [-0.39, 0.29) is 29.8 Å². The van der Waals surface area contributed by atoms with E-state index in [9.17, 15) is 19.8 Å². The molecule has 8 atom stereocenters. The van der Waals surface area contributed by atoms with Crippen molar-refractivity contribution < 1.29 is 24.2 Å². The highest BCUT2D eigenvalue weighted by Gasteiger charge is 2.77. The van der Waals surface area contributed by atoms with Gasteiger partial charge >= 0.3 is 0 Å². The molecule has 7 rings (SSSR count). The van der Waals surface area contributed by atoms with Crippen molar-refractivity contribution in [1.29, 1.82) is 0 Å². The molecule has 0 radical (unpaired) electrons. The van der Waals surface area contributed by atoms with Crippen molar-refractivity contribution in [3.63, 3.8) is 0 Å². The molecular formula is C32H36FNO4S. The summed E-state index contributed by atoms with van der Waals surface area (Å²) in [6.45, 7) is 5.37. The van der Waals surface area contributed by atoms with Gasteiger partial charge in [-0.1, -0.05) is 36.8 Å². The van der Waals surface area contributed by atoms with Gasteiger partial charge in [0.25, 0.3) is 0 Å². The predicted molar refractivity (Wildman–Crippen MR) is 149 cm³/mol. The molecule has 0 amide bonds. The van der Waals surface area contributed by atoms with Crippen molar-refractivity contribution in [3.05, 3.63) is 59.0 Å². The van der Waals surface area contributed by atoms with E-state index in [1.165, 1.54) is 21.0 Å². The number of hydrogen-bond donors (Lipinski definition) is 2. The number of fused-ring (bicyclic) bond motifs is 8. The second-order valence-electron chi connectivity index (χ2n) is 13.2. The first-order valence-electron chi connectivity index (χ1n) is 14.2. The highest BCUT2D eigenvalue weighted by Crippen LogP contribution is 2.74. The number of benzene rings is 1. The lowest BCUT2D eigenvalue weighted by molar-refractivity contribution is -0.206. The van der Waals surface area contributed by atoms with Gasteiger partial charge in [-0.3, -0.25) is 14.5 Å². The van der Waals surface area contributed by atoms with Crippen LogP contribution in [0.3, 0.4) is 0 Å². The molecule has 1 aliphatic heterocycles. The number of nitrogens with zero attached hydrogens (tertiary/aromatic N) is 1. The number of rotatable bonds is 4. The van der Waals surface area contributed by atoms with Crippen LogP contribution in [0.15, 0.2) is 54.1 Å². The van der Waals surface area contributed by atoms with Crippen molar-refractivity contribution in [2.75, 3.05) is 19.7 Å². The number of thiophene rings is 1. The van der Waals surface area contributed by atoms with Crippen LogP contribution >= 0.6 is 11.3 Å². The Bertz CT molecular complexity index is 1420. The zero-order valence-corrected chi connectivity index (χ0v) is 23.3. The van der Waals surface area contributed by atoms with Gasteiger partial charge in [-0.25, -0.2) is 4.39 Å². The number of likely N-dealkylation sites (tertiary alicyclic amines) is 1. The predicted octanol–water partition coefficient (Wildman–Crippen LogP) is 4.86. The minimum absolute atomic E-state index is 0.00398. The summed E-state index contributed by atoms with van der Waals surface area (Å²) >= 11 is 1.77. The summed E-state index contributed by atoms with van der Waals surface area (Å²) in [5.74, 6) is -0.787. The maximum Gasteiger partial charge on any atom is 0.178 e. The molecule has 2 aromatic rings. The number of allylic oxidation sites excluding steroid dienone is 4. The first-order chi connectivity index (χ1) is 18.6. The third-order valence-corrected chi connectivity index (χ3v) is 12.8. The molecule has 1 aromatic carbocycles. The number of carbonyl (C=O) groups excluding carboxylic acids is 2. The van der Waals surface area contributed by atoms with Crippen LogP contribution in [-0.2, 0) is 16.1 Å². The van der Waals surface area contributed by atoms with Gasteiger partial charge in [0.1, 0.15) is 6.61 Å². The Morgan fingerprint density at radius 2 is 2.03 bits per heavy atom. The molecule has 2 heterocycles. The zero-order chi connectivity index (χ0) is 27.4. The Balaban J connectivity index is 1.25. The zero-order valence-electron chi connectivity index (χ0n) is 22.5. The second-order valence-corrected chi connectivity index (χ2v) is 14.3. The summed E-state index contributed by atoms with van der Waals surface area (Å²) in [5.41, 5.74) is -3.62. The molecule has 1 saturated heterocycles. The van der Waals surface area contributed by atoms with Crippen molar-refractivity contribution in [2.24, 2.45) is 34.0 Å². The van der Waals surface area contributed by atoms with Gasteiger partial charge in [0.15, 0.2) is 17.2 Å². The Morgan fingerprint density at radius 1 is 1.23 bits per heavy atom. The SMILES string of the molecule is CC12C=CC(=O)C=C1CCC1C3CC4CN(Cc5cc6ccccc6s5)CC4(C(=O)CO)C3(C)CC(O)C12F. The lowest BCUT2D eigenvalue weighted by atomic mass is 9.43. The van der Waals surface area contributed by atoms with E-state index < -0.39 is 40.5 Å². The average Bonchev–Trinajstić information content (AvgIpc) is 3.55. The molecule has 4 fully saturated rings. The molecule has 5 nitrogen and oxygen atoms in total. The molecular weight excluding hydrogens is 513 g/mol. The number of carbonyl (C=O) groups is 2. The number of Topliss-reactive ketones (excluding diaryl/α,β-unsaturated/α-hetero) is 1. The van der Waals surface area contributed by atoms with E-state index in [4.69, 9.17) is 0 Å². The lowest BCUT2D eigenvalue weighted by Gasteiger charge is -2.63. The van der Waals surface area contributed by atoms with Crippen molar-refractivity contribution >= 4 is 33.0 Å². The monoisotopic (exact) mass is 549 g/mol. The molecule has 206 valence electrons. The molecule has 5 aliphatic rings. The van der Waals surface area contributed by atoms with Gasteiger partial charge in [-0.2, -0.15) is 0 Å². The number of alkyl halides is 1. The molecule has 3 saturated carbocycles. The number of aliphatic hydroxyl groups excluding tert-OH is 2. The Kier molecular flexibility index (Phi) is 5.56. The van der Waals surface area contributed by atoms with E-state index in [0.29, 0.717) is 25.8 Å². The molecule has 2 N–H and O–H groups in total. The van der Waals surface area contributed by atoms with Gasteiger partial charge in [0, 0.05) is 40.5 Å². The summed E-state index contributed by atoms with van der Waals surface area (Å²) in [6, 6.07) is 10.5. The highest BCUT2D eigenvalue weighted by atomic mass is 32.1. The van der Waals surface area contributed by atoms with Gasteiger partial charge < -0.3 is 10.2 Å². The van der Waals surface area contributed by atoms with E-state index in [1.807, 2.05) is 19.1 Å². The van der Waals surface area contributed by atoms with Crippen LogP contribution in [0.4, 0.5) is 4.39 Å². The summed E-state index contributed by atoms with van der Waals surface area (Å²) in [4.78, 5) is 29.5. The topological polar surface area (TPSA) is 77.8 Å². The second kappa shape index (κ2) is 8.41. The third kappa shape index (κ3) is 3.16. The minimum atomic E-state index is -1.91. The van der Waals surface area contributed by atoms with E-state index >= 15 is 4.39 Å². The number of ketones is 2. The minimum Gasteiger partial charge on any atom is -0.390 e. The summed E-state index contributed by atoms with van der Waals surface area (Å²) < 4.78 is 18.8. The molecule has 39 heavy (non-hydrogen) atoms. The molecule has 8 unspecified atom stereocenters. The summed E-state index contributed by atoms with van der Waals surface area (Å²) in [6.07, 6.45) is 5.47. The van der Waals surface area contributed by atoms with Gasteiger partial charge in [-0.15, -0.1) is 11.3 Å². The standard InChI is InChI=1S/C32H36FNO4S/c1-29-10-9-22(36)12-20(29)7-8-24-25-13-21-15-34(16-23-11-19-5-3-4-6-26(19)39-23)18-31(21,28(38)17-35)30(25,2)14-27(37)32(24,29)33/h3-6,9-12,21,24-25,27,35,37H,7-8,13-18H2,1-2H3. The maximum absolute atomic E-state index is 17.5. The van der Waals surface area contributed by atoms with Crippen LogP contribution in [0.1, 0.15) is 44.4 Å². The Labute approximate surface area is 232 Å². The van der Waals surface area contributed by atoms with Crippen molar-refractivity contribution in [3.8, 4) is 0 Å². The number of aliphatic hydroxyl groups is 2. The molecule has 7 heteroatoms. The fraction of sp³-hybridized carbons (Fsp3) is 0.562. The fourth-order valence-electron chi connectivity index (χ4n) is 9.98. The smallest absolute Gasteiger partial charge is 0.178 e. The number of halogens is 1. The normalized spacial score (nSPS) is 43.1. The Hall–Kier alpha value is -2.19. The van der Waals surface area contributed by atoms with E-state index in [2.05, 4.69) is 30.0 Å². The van der Waals surface area contributed by atoms with Crippen LogP contribution in [-0.4, -0.2) is 58.1 Å². The summed E-state index contributed by atoms with van der Waals surface area (Å²) in [5, 5.41) is 23.2. The van der Waals surface area contributed by atoms with Gasteiger partial charge in [-0.05, 0) is 79.5 Å². The van der Waals surface area contributed by atoms with Crippen LogP contribution < -0.4 is 0 Å². The maximum atomic E-state index is 17.5. The largest absolute Gasteiger partial charge is 0.390 e. The third-order valence-electron chi connectivity index (χ3n) is 11.7. The Morgan fingerprint density at radius 3 is 2.79 bits per heavy atom. The van der Waals surface area contributed by atoms with Gasteiger partial charge in [0.05, 0.1) is 11.5 Å².